The molecule has 0 radical (unpaired) electrons. The van der Waals surface area contributed by atoms with E-state index in [0.29, 0.717) is 23.6 Å². The van der Waals surface area contributed by atoms with Crippen molar-refractivity contribution in [1.29, 1.82) is 0 Å². The predicted molar refractivity (Wildman–Crippen MR) is 97.1 cm³/mol. The highest BCUT2D eigenvalue weighted by atomic mass is 16.5. The van der Waals surface area contributed by atoms with E-state index in [4.69, 9.17) is 4.74 Å². The molecule has 2 N–H and O–H groups in total. The molecule has 0 aliphatic rings. The number of H-pyrrole nitrogens is 1. The van der Waals surface area contributed by atoms with Gasteiger partial charge in [-0.05, 0) is 35.9 Å². The number of aromatic carboxylic acids is 1. The Bertz CT molecular complexity index is 1060. The molecule has 0 saturated heterocycles. The summed E-state index contributed by atoms with van der Waals surface area (Å²) in [5.41, 5.74) is 2.84. The number of nitrogens with zero attached hydrogens (tertiary/aromatic N) is 2. The maximum Gasteiger partial charge on any atom is 0.338 e. The first-order valence-electron chi connectivity index (χ1n) is 8.06. The number of benzene rings is 2. The number of imidazole rings is 1. The number of fused-ring (bicyclic) bond motifs is 1. The van der Waals surface area contributed by atoms with Crippen LogP contribution in [0.4, 0.5) is 0 Å². The summed E-state index contributed by atoms with van der Waals surface area (Å²) >= 11 is 0. The highest BCUT2D eigenvalue weighted by molar-refractivity contribution is 6.00. The number of aromatic amines is 1. The first-order valence-corrected chi connectivity index (χ1v) is 8.06. The van der Waals surface area contributed by atoms with Crippen molar-refractivity contribution in [1.82, 2.24) is 15.0 Å². The summed E-state index contributed by atoms with van der Waals surface area (Å²) in [5.74, 6) is 0.286. The van der Waals surface area contributed by atoms with Crippen LogP contribution < -0.4 is 4.74 Å². The van der Waals surface area contributed by atoms with Gasteiger partial charge in [0.15, 0.2) is 5.65 Å². The second-order valence-electron chi connectivity index (χ2n) is 5.74. The largest absolute Gasteiger partial charge is 0.489 e. The Hall–Kier alpha value is -3.67. The highest BCUT2D eigenvalue weighted by Gasteiger charge is 2.14. The lowest BCUT2D eigenvalue weighted by atomic mass is 10.2. The molecule has 0 bridgehead atoms. The molecule has 2 aromatic carbocycles. The van der Waals surface area contributed by atoms with E-state index in [1.165, 1.54) is 12.3 Å². The first kappa shape index (κ1) is 15.8. The van der Waals surface area contributed by atoms with Crippen molar-refractivity contribution in [2.45, 2.75) is 6.61 Å². The SMILES string of the molecule is O=C(O)c1ccnc2[nH]c(-c3ccc(OCc4ccccc4)cc3)nc12. The van der Waals surface area contributed by atoms with Gasteiger partial charge in [0.1, 0.15) is 23.7 Å². The maximum absolute atomic E-state index is 11.3. The number of aromatic nitrogens is 3. The quantitative estimate of drug-likeness (QED) is 0.573. The average Bonchev–Trinajstić information content (AvgIpc) is 3.11. The third-order valence-corrected chi connectivity index (χ3v) is 3.99. The third kappa shape index (κ3) is 3.12. The molecule has 4 rings (SSSR count). The van der Waals surface area contributed by atoms with Gasteiger partial charge < -0.3 is 14.8 Å². The first-order chi connectivity index (χ1) is 12.7. The van der Waals surface area contributed by atoms with Crippen LogP contribution in [0, 0.1) is 0 Å². The van der Waals surface area contributed by atoms with E-state index in [9.17, 15) is 9.90 Å². The smallest absolute Gasteiger partial charge is 0.338 e. The van der Waals surface area contributed by atoms with Crippen molar-refractivity contribution >= 4 is 17.1 Å². The molecule has 0 amide bonds. The lowest BCUT2D eigenvalue weighted by Crippen LogP contribution is -1.97. The molecule has 2 aromatic heterocycles. The second-order valence-corrected chi connectivity index (χ2v) is 5.74. The number of nitrogens with one attached hydrogen (secondary N) is 1. The monoisotopic (exact) mass is 345 g/mol. The molecule has 0 atom stereocenters. The van der Waals surface area contributed by atoms with Crippen LogP contribution in [0.15, 0.2) is 66.9 Å². The predicted octanol–water partition coefficient (Wildman–Crippen LogP) is 3.90. The van der Waals surface area contributed by atoms with E-state index in [2.05, 4.69) is 15.0 Å². The fraction of sp³-hybridized carbons (Fsp3) is 0.0500. The average molecular weight is 345 g/mol. The molecule has 0 spiro atoms. The van der Waals surface area contributed by atoms with E-state index in [-0.39, 0.29) is 5.56 Å². The van der Waals surface area contributed by atoms with Gasteiger partial charge >= 0.3 is 5.97 Å². The summed E-state index contributed by atoms with van der Waals surface area (Å²) in [6.45, 7) is 0.497. The van der Waals surface area contributed by atoms with Crippen LogP contribution >= 0.6 is 0 Å². The zero-order chi connectivity index (χ0) is 17.9. The van der Waals surface area contributed by atoms with Gasteiger partial charge in [-0.25, -0.2) is 14.8 Å². The zero-order valence-corrected chi connectivity index (χ0v) is 13.7. The molecule has 0 saturated carbocycles. The molecular formula is C20H15N3O3. The normalized spacial score (nSPS) is 10.8. The van der Waals surface area contributed by atoms with Gasteiger partial charge in [0, 0.05) is 11.8 Å². The van der Waals surface area contributed by atoms with Crippen molar-refractivity contribution in [2.75, 3.05) is 0 Å². The molecule has 0 fully saturated rings. The highest BCUT2D eigenvalue weighted by Crippen LogP contribution is 2.24. The number of carboxylic acids is 1. The van der Waals surface area contributed by atoms with Gasteiger partial charge in [-0.3, -0.25) is 0 Å². The molecule has 128 valence electrons. The number of ether oxygens (including phenoxy) is 1. The summed E-state index contributed by atoms with van der Waals surface area (Å²) in [6, 6.07) is 18.8. The molecule has 4 aromatic rings. The molecule has 2 heterocycles. The summed E-state index contributed by atoms with van der Waals surface area (Å²) < 4.78 is 5.77. The number of pyridine rings is 1. The molecule has 6 heteroatoms. The third-order valence-electron chi connectivity index (χ3n) is 3.99. The van der Waals surface area contributed by atoms with Crippen LogP contribution in [0.5, 0.6) is 5.75 Å². The number of carboxylic acid groups (broad SMARTS) is 1. The van der Waals surface area contributed by atoms with Gasteiger partial charge in [0.2, 0.25) is 0 Å². The van der Waals surface area contributed by atoms with E-state index in [0.717, 1.165) is 16.9 Å². The minimum Gasteiger partial charge on any atom is -0.489 e. The maximum atomic E-state index is 11.3. The van der Waals surface area contributed by atoms with Crippen LogP contribution in [0.25, 0.3) is 22.6 Å². The Morgan fingerprint density at radius 1 is 1.04 bits per heavy atom. The second kappa shape index (κ2) is 6.68. The Kier molecular flexibility index (Phi) is 4.07. The minimum absolute atomic E-state index is 0.125. The summed E-state index contributed by atoms with van der Waals surface area (Å²) in [5, 5.41) is 9.25. The minimum atomic E-state index is -1.03. The van der Waals surface area contributed by atoms with Gasteiger partial charge in [-0.15, -0.1) is 0 Å². The van der Waals surface area contributed by atoms with Crippen molar-refractivity contribution in [3.63, 3.8) is 0 Å². The standard InChI is InChI=1S/C20H15N3O3/c24-20(25)16-10-11-21-19-17(16)22-18(23-19)14-6-8-15(9-7-14)26-12-13-4-2-1-3-5-13/h1-11H,12H2,(H,24,25)(H,21,22,23). The summed E-state index contributed by atoms with van der Waals surface area (Å²) in [7, 11) is 0. The molecule has 0 unspecified atom stereocenters. The Balaban J connectivity index is 1.56. The van der Waals surface area contributed by atoms with Crippen LogP contribution in [0.1, 0.15) is 15.9 Å². The van der Waals surface area contributed by atoms with Crippen molar-refractivity contribution in [3.8, 4) is 17.1 Å². The van der Waals surface area contributed by atoms with Crippen molar-refractivity contribution < 1.29 is 14.6 Å². The number of carbonyl (C=O) groups is 1. The van der Waals surface area contributed by atoms with Gasteiger partial charge in [-0.2, -0.15) is 0 Å². The van der Waals surface area contributed by atoms with Crippen LogP contribution in [0.2, 0.25) is 0 Å². The van der Waals surface area contributed by atoms with Crippen molar-refractivity contribution in [3.05, 3.63) is 78.0 Å². The van der Waals surface area contributed by atoms with Gasteiger partial charge in [-0.1, -0.05) is 30.3 Å². The van der Waals surface area contributed by atoms with E-state index in [1.54, 1.807) is 0 Å². The van der Waals surface area contributed by atoms with Crippen LogP contribution in [0.3, 0.4) is 0 Å². The lowest BCUT2D eigenvalue weighted by molar-refractivity contribution is 0.0698. The molecule has 0 aliphatic heterocycles. The zero-order valence-electron chi connectivity index (χ0n) is 13.7. The Labute approximate surface area is 149 Å². The van der Waals surface area contributed by atoms with E-state index >= 15 is 0 Å². The number of hydrogen-bond acceptors (Lipinski definition) is 4. The molecule has 26 heavy (non-hydrogen) atoms. The fourth-order valence-corrected chi connectivity index (χ4v) is 2.67. The van der Waals surface area contributed by atoms with Gasteiger partial charge in [0.25, 0.3) is 0 Å². The van der Waals surface area contributed by atoms with Crippen LogP contribution in [-0.2, 0) is 6.61 Å². The molecule has 6 nitrogen and oxygen atoms in total. The molecular weight excluding hydrogens is 330 g/mol. The number of rotatable bonds is 5. The lowest BCUT2D eigenvalue weighted by Gasteiger charge is -2.06. The fourth-order valence-electron chi connectivity index (χ4n) is 2.67. The van der Waals surface area contributed by atoms with Gasteiger partial charge in [0.05, 0.1) is 5.56 Å². The van der Waals surface area contributed by atoms with E-state index in [1.807, 2.05) is 54.6 Å². The summed E-state index contributed by atoms with van der Waals surface area (Å²) in [4.78, 5) is 22.9. The Morgan fingerprint density at radius 3 is 2.54 bits per heavy atom. The Morgan fingerprint density at radius 2 is 1.81 bits per heavy atom. The summed E-state index contributed by atoms with van der Waals surface area (Å²) in [6.07, 6.45) is 1.45. The number of hydrogen-bond donors (Lipinski definition) is 2. The van der Waals surface area contributed by atoms with Crippen LogP contribution in [-0.4, -0.2) is 26.0 Å². The molecule has 0 aliphatic carbocycles. The topological polar surface area (TPSA) is 88.1 Å². The van der Waals surface area contributed by atoms with Crippen molar-refractivity contribution in [2.24, 2.45) is 0 Å². The van der Waals surface area contributed by atoms with E-state index < -0.39 is 5.97 Å².